The number of methoxy groups -OCH3 is 1. The number of esters is 5. The van der Waals surface area contributed by atoms with Crippen molar-refractivity contribution in [3.63, 3.8) is 0 Å². The van der Waals surface area contributed by atoms with Crippen molar-refractivity contribution in [3.05, 3.63) is 81.7 Å². The fourth-order valence-corrected chi connectivity index (χ4v) is 5.42. The molecule has 0 unspecified atom stereocenters. The molecule has 2 aromatic rings. The van der Waals surface area contributed by atoms with Gasteiger partial charge in [-0.15, -0.1) is 0 Å². The zero-order valence-corrected chi connectivity index (χ0v) is 32.1. The van der Waals surface area contributed by atoms with Crippen LogP contribution >= 0.6 is 31.8 Å². The number of hydrogen-bond acceptors (Lipinski definition) is 15. The standard InChI is InChI=1S/C34H40Cl2NO15P/c1-21(38)37-16-30(49-23(3)40)15-34(33(43)44-6,46-20-32(51-25(5)42)31(50-24(4)41)19-45-22(2)39)52-53(47-17-26-7-11-28(35)12-8-26)48-18-27-9-13-29(36)14-10-27/h7-14,16,31-32H,15,17-20H2,1-6H3,(H,37,38)/b30-16-/t31-,32+,34-/m1/s1. The average Bonchev–Trinajstić information content (AvgIpc) is 3.08. The Kier molecular flexibility index (Phi) is 19.4. The van der Waals surface area contributed by atoms with Gasteiger partial charge in [0, 0.05) is 50.9 Å². The quantitative estimate of drug-likeness (QED) is 0.0567. The summed E-state index contributed by atoms with van der Waals surface area (Å²) in [6.45, 7) is 3.83. The highest BCUT2D eigenvalue weighted by Crippen LogP contribution is 2.48. The van der Waals surface area contributed by atoms with E-state index in [1.807, 2.05) is 0 Å². The third kappa shape index (κ3) is 17.5. The lowest BCUT2D eigenvalue weighted by atomic mass is 10.1. The summed E-state index contributed by atoms with van der Waals surface area (Å²) in [5.74, 6) is -8.12. The first-order valence-corrected chi connectivity index (χ1v) is 17.5. The van der Waals surface area contributed by atoms with Crippen LogP contribution in [0.15, 0.2) is 60.5 Å². The van der Waals surface area contributed by atoms with Gasteiger partial charge in [-0.3, -0.25) is 28.5 Å². The molecule has 2 rings (SSSR count). The van der Waals surface area contributed by atoms with Gasteiger partial charge in [-0.1, -0.05) is 47.5 Å². The van der Waals surface area contributed by atoms with Crippen molar-refractivity contribution in [2.24, 2.45) is 0 Å². The van der Waals surface area contributed by atoms with E-state index in [9.17, 15) is 28.8 Å². The SMILES string of the molecule is COC(=O)[C@](C/C(=C/NC(C)=O)OC(C)=O)(OC[C@H](OC(C)=O)[C@@H](COC(C)=O)OC(C)=O)OP(OCc1ccc(Cl)cc1)OCc1ccc(Cl)cc1. The van der Waals surface area contributed by atoms with Crippen molar-refractivity contribution in [1.29, 1.82) is 0 Å². The minimum atomic E-state index is -2.67. The zero-order chi connectivity index (χ0) is 39.6. The van der Waals surface area contributed by atoms with E-state index >= 15 is 0 Å². The molecule has 0 spiro atoms. The molecule has 0 radical (unpaired) electrons. The van der Waals surface area contributed by atoms with Crippen LogP contribution in [0, 0.1) is 0 Å². The molecule has 0 saturated heterocycles. The van der Waals surface area contributed by atoms with Gasteiger partial charge >= 0.3 is 38.4 Å². The van der Waals surface area contributed by atoms with Crippen LogP contribution in [0.2, 0.25) is 10.0 Å². The summed E-state index contributed by atoms with van der Waals surface area (Å²) in [6.07, 6.45) is -2.77. The number of carbonyl (C=O) groups is 6. The highest BCUT2D eigenvalue weighted by molar-refractivity contribution is 7.41. The van der Waals surface area contributed by atoms with Gasteiger partial charge in [0.15, 0.2) is 12.2 Å². The van der Waals surface area contributed by atoms with Crippen LogP contribution in [0.25, 0.3) is 0 Å². The van der Waals surface area contributed by atoms with Crippen LogP contribution in [0.1, 0.15) is 52.2 Å². The van der Waals surface area contributed by atoms with E-state index in [2.05, 4.69) is 5.32 Å². The molecule has 53 heavy (non-hydrogen) atoms. The van der Waals surface area contributed by atoms with Crippen LogP contribution < -0.4 is 5.32 Å². The Balaban J connectivity index is 2.69. The molecule has 1 N–H and O–H groups in total. The van der Waals surface area contributed by atoms with Gasteiger partial charge < -0.3 is 42.8 Å². The number of nitrogens with one attached hydrogen (secondary N) is 1. The lowest BCUT2D eigenvalue weighted by Crippen LogP contribution is -2.49. The minimum Gasteiger partial charge on any atom is -0.465 e. The molecule has 0 aliphatic carbocycles. The first kappa shape index (κ1) is 45.0. The average molecular weight is 805 g/mol. The largest absolute Gasteiger partial charge is 0.465 e. The maximum Gasteiger partial charge on any atom is 0.367 e. The Morgan fingerprint density at radius 3 is 1.64 bits per heavy atom. The van der Waals surface area contributed by atoms with E-state index in [-0.39, 0.29) is 19.0 Å². The van der Waals surface area contributed by atoms with E-state index in [0.29, 0.717) is 21.2 Å². The number of benzene rings is 2. The summed E-state index contributed by atoms with van der Waals surface area (Å²) >= 11 is 12.1. The second kappa shape index (κ2) is 22.8. The molecule has 0 saturated carbocycles. The van der Waals surface area contributed by atoms with Crippen molar-refractivity contribution in [3.8, 4) is 0 Å². The molecular weight excluding hydrogens is 764 g/mol. The monoisotopic (exact) mass is 803 g/mol. The Hall–Kier alpha value is -4.15. The van der Waals surface area contributed by atoms with Gasteiger partial charge in [0.05, 0.1) is 33.4 Å². The summed E-state index contributed by atoms with van der Waals surface area (Å²) < 4.78 is 50.3. The number of hydrogen-bond donors (Lipinski definition) is 1. The topological polar surface area (TPSA) is 198 Å². The lowest BCUT2D eigenvalue weighted by Gasteiger charge is -2.35. The Morgan fingerprint density at radius 1 is 0.736 bits per heavy atom. The summed E-state index contributed by atoms with van der Waals surface area (Å²) in [5, 5.41) is 3.29. The Bertz CT molecular complexity index is 1540. The molecule has 0 heterocycles. The van der Waals surface area contributed by atoms with Gasteiger partial charge in [0.2, 0.25) is 5.91 Å². The van der Waals surface area contributed by atoms with E-state index in [1.54, 1.807) is 48.5 Å². The fourth-order valence-electron chi connectivity index (χ4n) is 4.05. The normalized spacial score (nSPS) is 13.6. The first-order chi connectivity index (χ1) is 25.0. The molecule has 3 atom stereocenters. The first-order valence-electron chi connectivity index (χ1n) is 15.6. The summed E-state index contributed by atoms with van der Waals surface area (Å²) in [5.41, 5.74) is 1.25. The van der Waals surface area contributed by atoms with Crippen LogP contribution in [0.4, 0.5) is 0 Å². The van der Waals surface area contributed by atoms with E-state index in [4.69, 9.17) is 65.2 Å². The van der Waals surface area contributed by atoms with Crippen molar-refractivity contribution in [2.45, 2.75) is 72.2 Å². The summed E-state index contributed by atoms with van der Waals surface area (Å²) in [7, 11) is -1.62. The molecule has 0 bridgehead atoms. The molecule has 2 aromatic carbocycles. The second-order valence-corrected chi connectivity index (χ2v) is 12.9. The van der Waals surface area contributed by atoms with Crippen LogP contribution in [0.3, 0.4) is 0 Å². The van der Waals surface area contributed by atoms with Gasteiger partial charge in [0.1, 0.15) is 12.4 Å². The predicted molar refractivity (Wildman–Crippen MR) is 187 cm³/mol. The predicted octanol–water partition coefficient (Wildman–Crippen LogP) is 5.21. The summed E-state index contributed by atoms with van der Waals surface area (Å²) in [4.78, 5) is 73.6. The van der Waals surface area contributed by atoms with Gasteiger partial charge in [-0.25, -0.2) is 4.79 Å². The van der Waals surface area contributed by atoms with Gasteiger partial charge in [-0.05, 0) is 35.4 Å². The number of halogens is 2. The maximum absolute atomic E-state index is 13.8. The highest BCUT2D eigenvalue weighted by Gasteiger charge is 2.49. The highest BCUT2D eigenvalue weighted by atomic mass is 35.5. The van der Waals surface area contributed by atoms with E-state index in [0.717, 1.165) is 41.0 Å². The van der Waals surface area contributed by atoms with E-state index in [1.165, 1.54) is 6.92 Å². The van der Waals surface area contributed by atoms with Gasteiger partial charge in [0.25, 0.3) is 5.79 Å². The number of carbonyl (C=O) groups excluding carboxylic acids is 6. The molecule has 16 nitrogen and oxygen atoms in total. The van der Waals surface area contributed by atoms with Crippen molar-refractivity contribution < 1.29 is 70.8 Å². The summed E-state index contributed by atoms with van der Waals surface area (Å²) in [6, 6.07) is 13.2. The van der Waals surface area contributed by atoms with E-state index < -0.39 is 82.0 Å². The van der Waals surface area contributed by atoms with Crippen molar-refractivity contribution in [2.75, 3.05) is 20.3 Å². The molecule has 0 aliphatic heterocycles. The third-order valence-corrected chi connectivity index (χ3v) is 7.95. The third-order valence-electron chi connectivity index (χ3n) is 6.32. The zero-order valence-electron chi connectivity index (χ0n) is 29.7. The number of rotatable bonds is 21. The smallest absolute Gasteiger partial charge is 0.367 e. The lowest BCUT2D eigenvalue weighted by molar-refractivity contribution is -0.234. The Labute approximate surface area is 317 Å². The Morgan fingerprint density at radius 2 is 1.23 bits per heavy atom. The van der Waals surface area contributed by atoms with Crippen LogP contribution in [0.5, 0.6) is 0 Å². The second-order valence-electron chi connectivity index (χ2n) is 10.9. The minimum absolute atomic E-state index is 0.133. The molecule has 290 valence electrons. The molecule has 0 aliphatic rings. The number of ether oxygens (including phenoxy) is 6. The maximum atomic E-state index is 13.8. The van der Waals surface area contributed by atoms with Crippen molar-refractivity contribution in [1.82, 2.24) is 5.32 Å². The van der Waals surface area contributed by atoms with Crippen LogP contribution in [-0.2, 0) is 84.0 Å². The number of amides is 1. The molecule has 19 heteroatoms. The van der Waals surface area contributed by atoms with Crippen molar-refractivity contribution >= 4 is 67.6 Å². The molecule has 0 aromatic heterocycles. The molecule has 1 amide bonds. The van der Waals surface area contributed by atoms with Crippen LogP contribution in [-0.4, -0.2) is 74.1 Å². The molecular formula is C34H40Cl2NO15P. The van der Waals surface area contributed by atoms with Gasteiger partial charge in [-0.2, -0.15) is 0 Å². The fraction of sp³-hybridized carbons (Fsp3) is 0.412. The molecule has 0 fully saturated rings.